The smallest absolute Gasteiger partial charge is 0.417 e. The first kappa shape index (κ1) is 16.8. The van der Waals surface area contributed by atoms with Crippen LogP contribution in [0.25, 0.3) is 11.0 Å². The Balaban J connectivity index is 1.84. The molecule has 4 nitrogen and oxygen atoms in total. The maximum Gasteiger partial charge on any atom is 0.417 e. The number of hydrogen-bond acceptors (Lipinski definition) is 3. The molecule has 0 radical (unpaired) electrons. The third-order valence-corrected chi connectivity index (χ3v) is 4.76. The molecule has 0 saturated carbocycles. The Labute approximate surface area is 136 Å². The highest BCUT2D eigenvalue weighted by molar-refractivity contribution is 5.99. The number of carbonyl (C=O) groups is 1. The van der Waals surface area contributed by atoms with E-state index in [-0.39, 0.29) is 18.8 Å². The molecule has 0 unspecified atom stereocenters. The number of rotatable bonds is 1. The molecule has 0 atom stereocenters. The SMILES string of the molecule is Cc1c(C(=O)N2CCC(O)(C(F)(F)F)CC2)oc2c(C)cccc12. The number of alkyl halides is 3. The fourth-order valence-corrected chi connectivity index (χ4v) is 3.10. The highest BCUT2D eigenvalue weighted by Crippen LogP contribution is 2.39. The van der Waals surface area contributed by atoms with Crippen LogP contribution < -0.4 is 0 Å². The van der Waals surface area contributed by atoms with E-state index in [0.717, 1.165) is 10.9 Å². The fraction of sp³-hybridized carbons (Fsp3) is 0.471. The Kier molecular flexibility index (Phi) is 3.86. The topological polar surface area (TPSA) is 53.7 Å². The van der Waals surface area contributed by atoms with Crippen LogP contribution in [0.15, 0.2) is 22.6 Å². The van der Waals surface area contributed by atoms with E-state index in [4.69, 9.17) is 4.42 Å². The van der Waals surface area contributed by atoms with Gasteiger partial charge in [0.2, 0.25) is 0 Å². The second-order valence-corrected chi connectivity index (χ2v) is 6.33. The molecule has 1 N–H and O–H groups in total. The zero-order valence-corrected chi connectivity index (χ0v) is 13.4. The van der Waals surface area contributed by atoms with E-state index < -0.39 is 30.5 Å². The molecule has 7 heteroatoms. The number of aryl methyl sites for hydroxylation is 2. The van der Waals surface area contributed by atoms with Gasteiger partial charge in [-0.3, -0.25) is 4.79 Å². The molecule has 0 bridgehead atoms. The molecular formula is C17H18F3NO3. The van der Waals surface area contributed by atoms with Crippen LogP contribution in [-0.2, 0) is 0 Å². The Morgan fingerprint density at radius 2 is 1.88 bits per heavy atom. The molecule has 0 aliphatic carbocycles. The second kappa shape index (κ2) is 5.51. The van der Waals surface area contributed by atoms with Crippen molar-refractivity contribution in [3.63, 3.8) is 0 Å². The lowest BCUT2D eigenvalue weighted by Crippen LogP contribution is -2.54. The van der Waals surface area contributed by atoms with Crippen molar-refractivity contribution in [3.05, 3.63) is 35.1 Å². The van der Waals surface area contributed by atoms with E-state index in [2.05, 4.69) is 0 Å². The van der Waals surface area contributed by atoms with Gasteiger partial charge in [0.1, 0.15) is 5.58 Å². The van der Waals surface area contributed by atoms with Crippen LogP contribution in [0.1, 0.15) is 34.5 Å². The van der Waals surface area contributed by atoms with E-state index >= 15 is 0 Å². The molecular weight excluding hydrogens is 323 g/mol. The molecule has 2 heterocycles. The van der Waals surface area contributed by atoms with Crippen molar-refractivity contribution in [3.8, 4) is 0 Å². The summed E-state index contributed by atoms with van der Waals surface area (Å²) in [7, 11) is 0. The number of piperidine rings is 1. The van der Waals surface area contributed by atoms with Gasteiger partial charge in [0.05, 0.1) is 0 Å². The Hall–Kier alpha value is -2.02. The monoisotopic (exact) mass is 341 g/mol. The van der Waals surface area contributed by atoms with Gasteiger partial charge in [0.25, 0.3) is 5.91 Å². The third kappa shape index (κ3) is 2.56. The van der Waals surface area contributed by atoms with Crippen molar-refractivity contribution in [1.82, 2.24) is 4.90 Å². The predicted molar refractivity (Wildman–Crippen MR) is 81.8 cm³/mol. The molecule has 3 rings (SSSR count). The van der Waals surface area contributed by atoms with Gasteiger partial charge >= 0.3 is 6.18 Å². The molecule has 130 valence electrons. The average Bonchev–Trinajstić information content (AvgIpc) is 2.85. The molecule has 1 aromatic heterocycles. The number of carbonyl (C=O) groups excluding carboxylic acids is 1. The summed E-state index contributed by atoms with van der Waals surface area (Å²) in [5, 5.41) is 10.5. The summed E-state index contributed by atoms with van der Waals surface area (Å²) in [6.45, 7) is 3.30. The summed E-state index contributed by atoms with van der Waals surface area (Å²) in [4.78, 5) is 13.9. The van der Waals surface area contributed by atoms with Gasteiger partial charge in [-0.1, -0.05) is 18.2 Å². The lowest BCUT2D eigenvalue weighted by Gasteiger charge is -2.38. The number of likely N-dealkylation sites (tertiary alicyclic amines) is 1. The highest BCUT2D eigenvalue weighted by atomic mass is 19.4. The van der Waals surface area contributed by atoms with E-state index in [0.29, 0.717) is 11.1 Å². The normalized spacial score (nSPS) is 18.2. The minimum absolute atomic E-state index is 0.150. The van der Waals surface area contributed by atoms with Gasteiger partial charge in [-0.15, -0.1) is 0 Å². The summed E-state index contributed by atoms with van der Waals surface area (Å²) in [6, 6.07) is 5.57. The lowest BCUT2D eigenvalue weighted by molar-refractivity contribution is -0.271. The maximum atomic E-state index is 12.9. The van der Waals surface area contributed by atoms with Gasteiger partial charge in [-0.25, -0.2) is 0 Å². The van der Waals surface area contributed by atoms with Crippen LogP contribution in [0, 0.1) is 13.8 Å². The van der Waals surface area contributed by atoms with E-state index in [1.165, 1.54) is 4.90 Å². The first-order valence-corrected chi connectivity index (χ1v) is 7.71. The number of hydrogen-bond donors (Lipinski definition) is 1. The number of aliphatic hydroxyl groups is 1. The van der Waals surface area contributed by atoms with Crippen LogP contribution in [0.3, 0.4) is 0 Å². The van der Waals surface area contributed by atoms with Crippen LogP contribution in [0.2, 0.25) is 0 Å². The van der Waals surface area contributed by atoms with Crippen molar-refractivity contribution >= 4 is 16.9 Å². The lowest BCUT2D eigenvalue weighted by atomic mass is 9.90. The summed E-state index contributed by atoms with van der Waals surface area (Å²) < 4.78 is 44.2. The van der Waals surface area contributed by atoms with E-state index in [1.807, 2.05) is 25.1 Å². The number of nitrogens with zero attached hydrogens (tertiary/aromatic N) is 1. The summed E-state index contributed by atoms with van der Waals surface area (Å²) in [5.74, 6) is -0.288. The van der Waals surface area contributed by atoms with Crippen LogP contribution >= 0.6 is 0 Å². The molecule has 24 heavy (non-hydrogen) atoms. The predicted octanol–water partition coefficient (Wildman–Crippen LogP) is 3.58. The quantitative estimate of drug-likeness (QED) is 0.863. The molecule has 1 saturated heterocycles. The highest BCUT2D eigenvalue weighted by Gasteiger charge is 2.55. The first-order valence-electron chi connectivity index (χ1n) is 7.71. The van der Waals surface area contributed by atoms with Crippen LogP contribution in [0.4, 0.5) is 13.2 Å². The molecule has 1 amide bonds. The van der Waals surface area contributed by atoms with E-state index in [9.17, 15) is 23.1 Å². The number of para-hydroxylation sites is 1. The third-order valence-electron chi connectivity index (χ3n) is 4.76. The van der Waals surface area contributed by atoms with E-state index in [1.54, 1.807) is 6.92 Å². The molecule has 2 aromatic rings. The average molecular weight is 341 g/mol. The van der Waals surface area contributed by atoms with Crippen LogP contribution in [-0.4, -0.2) is 40.8 Å². The van der Waals surface area contributed by atoms with Crippen molar-refractivity contribution in [2.75, 3.05) is 13.1 Å². The van der Waals surface area contributed by atoms with Crippen molar-refractivity contribution in [2.45, 2.75) is 38.5 Å². The molecule has 1 aliphatic rings. The number of benzene rings is 1. The summed E-state index contributed by atoms with van der Waals surface area (Å²) in [6.07, 6.45) is -5.74. The summed E-state index contributed by atoms with van der Waals surface area (Å²) >= 11 is 0. The maximum absolute atomic E-state index is 12.9. The number of halogens is 3. The zero-order chi connectivity index (χ0) is 17.7. The molecule has 1 aromatic carbocycles. The Morgan fingerprint density at radius 1 is 1.25 bits per heavy atom. The Bertz CT molecular complexity index is 786. The van der Waals surface area contributed by atoms with Gasteiger partial charge in [-0.2, -0.15) is 13.2 Å². The molecule has 0 spiro atoms. The van der Waals surface area contributed by atoms with Gasteiger partial charge < -0.3 is 14.4 Å². The van der Waals surface area contributed by atoms with Gasteiger partial charge in [-0.05, 0) is 19.4 Å². The van der Waals surface area contributed by atoms with Crippen LogP contribution in [0.5, 0.6) is 0 Å². The standard InChI is InChI=1S/C17H18F3NO3/c1-10-4-3-5-12-11(2)14(24-13(10)12)15(22)21-8-6-16(23,7-9-21)17(18,19)20/h3-5,23H,6-9H2,1-2H3. The summed E-state index contributed by atoms with van der Waals surface area (Å²) in [5.41, 5.74) is -0.541. The largest absolute Gasteiger partial charge is 0.450 e. The number of furan rings is 1. The second-order valence-electron chi connectivity index (χ2n) is 6.33. The molecule has 1 fully saturated rings. The number of fused-ring (bicyclic) bond motifs is 1. The van der Waals surface area contributed by atoms with Crippen molar-refractivity contribution < 1.29 is 27.5 Å². The van der Waals surface area contributed by atoms with Gasteiger partial charge in [0.15, 0.2) is 11.4 Å². The Morgan fingerprint density at radius 3 is 2.42 bits per heavy atom. The van der Waals surface area contributed by atoms with Crippen molar-refractivity contribution in [2.24, 2.45) is 0 Å². The minimum Gasteiger partial charge on any atom is -0.450 e. The number of amides is 1. The van der Waals surface area contributed by atoms with Crippen molar-refractivity contribution in [1.29, 1.82) is 0 Å². The van der Waals surface area contributed by atoms with Gasteiger partial charge in [0, 0.05) is 36.9 Å². The fourth-order valence-electron chi connectivity index (χ4n) is 3.10. The molecule has 1 aliphatic heterocycles. The minimum atomic E-state index is -4.69. The first-order chi connectivity index (χ1) is 11.1. The zero-order valence-electron chi connectivity index (χ0n) is 13.4.